The summed E-state index contributed by atoms with van der Waals surface area (Å²) in [6.45, 7) is 8.41. The van der Waals surface area contributed by atoms with E-state index < -0.39 is 0 Å². The van der Waals surface area contributed by atoms with Crippen LogP contribution in [0.4, 0.5) is 0 Å². The van der Waals surface area contributed by atoms with Gasteiger partial charge in [0.15, 0.2) is 0 Å². The Kier molecular flexibility index (Phi) is 7.93. The summed E-state index contributed by atoms with van der Waals surface area (Å²) in [4.78, 5) is 17.0. The highest BCUT2D eigenvalue weighted by molar-refractivity contribution is 5.85. The van der Waals surface area contributed by atoms with Crippen molar-refractivity contribution < 1.29 is 4.79 Å². The van der Waals surface area contributed by atoms with E-state index in [0.717, 1.165) is 32.6 Å². The summed E-state index contributed by atoms with van der Waals surface area (Å²) in [6.07, 6.45) is 5.86. The van der Waals surface area contributed by atoms with Crippen molar-refractivity contribution in [1.29, 1.82) is 0 Å². The molecule has 3 saturated heterocycles. The van der Waals surface area contributed by atoms with Crippen molar-refractivity contribution in [2.75, 3.05) is 26.2 Å². The van der Waals surface area contributed by atoms with Gasteiger partial charge in [-0.1, -0.05) is 0 Å². The maximum Gasteiger partial charge on any atom is 0.222 e. The summed E-state index contributed by atoms with van der Waals surface area (Å²) in [6, 6.07) is 2.00. The fourth-order valence-electron chi connectivity index (χ4n) is 4.21. The molecule has 3 rings (SSSR count). The van der Waals surface area contributed by atoms with Crippen molar-refractivity contribution in [1.82, 2.24) is 15.1 Å². The normalized spacial score (nSPS) is 31.6. The monoisotopic (exact) mass is 351 g/mol. The van der Waals surface area contributed by atoms with Gasteiger partial charge < -0.3 is 10.2 Å². The topological polar surface area (TPSA) is 35.6 Å². The third-order valence-corrected chi connectivity index (χ3v) is 5.43. The number of carbonyl (C=O) groups is 1. The zero-order valence-electron chi connectivity index (χ0n) is 13.8. The SMILES string of the molecule is CC(C)N1CCN(C(=O)CC2CC3CCC(C2)N3)CC1.Cl.Cl. The number of piperazine rings is 1. The molecule has 22 heavy (non-hydrogen) atoms. The van der Waals surface area contributed by atoms with Gasteiger partial charge in [0, 0.05) is 50.7 Å². The minimum Gasteiger partial charge on any atom is -0.340 e. The van der Waals surface area contributed by atoms with Gasteiger partial charge in [0.05, 0.1) is 0 Å². The molecule has 3 aliphatic heterocycles. The van der Waals surface area contributed by atoms with Crippen molar-refractivity contribution in [2.45, 2.75) is 64.1 Å². The standard InChI is InChI=1S/C16H29N3O.2ClH/c1-12(2)18-5-7-19(8-6-18)16(20)11-13-9-14-3-4-15(10-13)17-14;;/h12-15,17H,3-11H2,1-2H3;2*1H. The Morgan fingerprint density at radius 2 is 1.59 bits per heavy atom. The van der Waals surface area contributed by atoms with Gasteiger partial charge in [-0.05, 0) is 45.4 Å². The number of fused-ring (bicyclic) bond motifs is 2. The van der Waals surface area contributed by atoms with Crippen molar-refractivity contribution >= 4 is 30.7 Å². The Morgan fingerprint density at radius 1 is 1.05 bits per heavy atom. The number of nitrogens with zero attached hydrogens (tertiary/aromatic N) is 2. The van der Waals surface area contributed by atoms with E-state index in [1.807, 2.05) is 0 Å². The second kappa shape index (κ2) is 8.72. The first-order chi connectivity index (χ1) is 9.61. The average molecular weight is 352 g/mol. The Labute approximate surface area is 147 Å². The lowest BCUT2D eigenvalue weighted by Gasteiger charge is -2.38. The van der Waals surface area contributed by atoms with E-state index in [1.165, 1.54) is 25.7 Å². The minimum absolute atomic E-state index is 0. The molecule has 6 heteroatoms. The zero-order chi connectivity index (χ0) is 14.1. The lowest BCUT2D eigenvalue weighted by molar-refractivity contribution is -0.134. The molecule has 0 saturated carbocycles. The van der Waals surface area contributed by atoms with E-state index in [4.69, 9.17) is 0 Å². The number of rotatable bonds is 3. The number of piperidine rings is 1. The molecule has 2 atom stereocenters. The maximum atomic E-state index is 12.5. The van der Waals surface area contributed by atoms with E-state index in [2.05, 4.69) is 29.0 Å². The summed E-state index contributed by atoms with van der Waals surface area (Å²) in [5, 5.41) is 3.66. The smallest absolute Gasteiger partial charge is 0.222 e. The van der Waals surface area contributed by atoms with Crippen molar-refractivity contribution in [3.63, 3.8) is 0 Å². The quantitative estimate of drug-likeness (QED) is 0.847. The number of hydrogen-bond acceptors (Lipinski definition) is 3. The van der Waals surface area contributed by atoms with Gasteiger partial charge in [0.2, 0.25) is 5.91 Å². The Bertz CT molecular complexity index is 347. The van der Waals surface area contributed by atoms with Gasteiger partial charge in [-0.15, -0.1) is 24.8 Å². The second-order valence-electron chi connectivity index (χ2n) is 7.19. The molecule has 3 fully saturated rings. The molecular formula is C16H31Cl2N3O. The van der Waals surface area contributed by atoms with Crippen LogP contribution in [0.1, 0.15) is 46.0 Å². The van der Waals surface area contributed by atoms with Gasteiger partial charge in [0.1, 0.15) is 0 Å². The summed E-state index contributed by atoms with van der Waals surface area (Å²) >= 11 is 0. The molecule has 1 N–H and O–H groups in total. The van der Waals surface area contributed by atoms with Crippen LogP contribution in [-0.4, -0.2) is 60.0 Å². The first-order valence-electron chi connectivity index (χ1n) is 8.39. The first kappa shape index (κ1) is 20.0. The molecule has 3 heterocycles. The van der Waals surface area contributed by atoms with E-state index in [0.29, 0.717) is 30.0 Å². The predicted molar refractivity (Wildman–Crippen MR) is 95.1 cm³/mol. The van der Waals surface area contributed by atoms with E-state index >= 15 is 0 Å². The highest BCUT2D eigenvalue weighted by atomic mass is 35.5. The van der Waals surface area contributed by atoms with Crippen LogP contribution in [-0.2, 0) is 4.79 Å². The third-order valence-electron chi connectivity index (χ3n) is 5.43. The maximum absolute atomic E-state index is 12.5. The fourth-order valence-corrected chi connectivity index (χ4v) is 4.21. The van der Waals surface area contributed by atoms with Gasteiger partial charge in [-0.3, -0.25) is 9.69 Å². The number of hydrogen-bond donors (Lipinski definition) is 1. The molecule has 2 unspecified atom stereocenters. The summed E-state index contributed by atoms with van der Waals surface area (Å²) < 4.78 is 0. The van der Waals surface area contributed by atoms with Crippen LogP contribution >= 0.6 is 24.8 Å². The molecular weight excluding hydrogens is 321 g/mol. The Hall–Kier alpha value is -0.0300. The van der Waals surface area contributed by atoms with Crippen LogP contribution in [0.3, 0.4) is 0 Å². The molecule has 1 amide bonds. The molecule has 0 aromatic heterocycles. The molecule has 0 aliphatic carbocycles. The number of halogens is 2. The van der Waals surface area contributed by atoms with Crippen LogP contribution in [0.25, 0.3) is 0 Å². The average Bonchev–Trinajstić information content (AvgIpc) is 2.78. The van der Waals surface area contributed by atoms with Gasteiger partial charge >= 0.3 is 0 Å². The Balaban J connectivity index is 0.00000121. The van der Waals surface area contributed by atoms with Crippen LogP contribution in [0.5, 0.6) is 0 Å². The van der Waals surface area contributed by atoms with Gasteiger partial charge in [0.25, 0.3) is 0 Å². The van der Waals surface area contributed by atoms with E-state index in [9.17, 15) is 4.79 Å². The lowest BCUT2D eigenvalue weighted by Crippen LogP contribution is -2.51. The first-order valence-corrected chi connectivity index (χ1v) is 8.39. The highest BCUT2D eigenvalue weighted by Gasteiger charge is 2.35. The van der Waals surface area contributed by atoms with Crippen LogP contribution < -0.4 is 5.32 Å². The molecule has 3 aliphatic rings. The van der Waals surface area contributed by atoms with Crippen molar-refractivity contribution in [2.24, 2.45) is 5.92 Å². The lowest BCUT2D eigenvalue weighted by atomic mass is 9.89. The Morgan fingerprint density at radius 3 is 2.09 bits per heavy atom. The number of carbonyl (C=O) groups excluding carboxylic acids is 1. The molecule has 0 aromatic carbocycles. The van der Waals surface area contributed by atoms with Crippen molar-refractivity contribution in [3.8, 4) is 0 Å². The van der Waals surface area contributed by atoms with Crippen LogP contribution in [0, 0.1) is 5.92 Å². The summed E-state index contributed by atoms with van der Waals surface area (Å²) in [5.41, 5.74) is 0. The molecule has 130 valence electrons. The predicted octanol–water partition coefficient (Wildman–Crippen LogP) is 2.30. The fraction of sp³-hybridized carbons (Fsp3) is 0.938. The third kappa shape index (κ3) is 4.73. The van der Waals surface area contributed by atoms with Crippen LogP contribution in [0.15, 0.2) is 0 Å². The summed E-state index contributed by atoms with van der Waals surface area (Å²) in [7, 11) is 0. The minimum atomic E-state index is 0. The van der Waals surface area contributed by atoms with Gasteiger partial charge in [-0.2, -0.15) is 0 Å². The summed E-state index contributed by atoms with van der Waals surface area (Å²) in [5.74, 6) is 1.03. The second-order valence-corrected chi connectivity index (χ2v) is 7.19. The van der Waals surface area contributed by atoms with E-state index in [-0.39, 0.29) is 24.8 Å². The van der Waals surface area contributed by atoms with Crippen molar-refractivity contribution in [3.05, 3.63) is 0 Å². The molecule has 0 aromatic rings. The molecule has 2 bridgehead atoms. The van der Waals surface area contributed by atoms with Gasteiger partial charge in [-0.25, -0.2) is 0 Å². The van der Waals surface area contributed by atoms with Crippen LogP contribution in [0.2, 0.25) is 0 Å². The molecule has 4 nitrogen and oxygen atoms in total. The largest absolute Gasteiger partial charge is 0.340 e. The molecule has 0 radical (unpaired) electrons. The molecule has 0 spiro atoms. The van der Waals surface area contributed by atoms with E-state index in [1.54, 1.807) is 0 Å². The number of nitrogens with one attached hydrogen (secondary N) is 1. The zero-order valence-corrected chi connectivity index (χ0v) is 15.4. The number of amides is 1. The highest BCUT2D eigenvalue weighted by Crippen LogP contribution is 2.33.